The molecule has 3 nitrogen and oxygen atoms in total. The predicted octanol–water partition coefficient (Wildman–Crippen LogP) is 4.41. The van der Waals surface area contributed by atoms with Crippen LogP contribution in [0.1, 0.15) is 15.9 Å². The summed E-state index contributed by atoms with van der Waals surface area (Å²) in [5.41, 5.74) is 0.114. The third-order valence-corrected chi connectivity index (χ3v) is 3.12. The van der Waals surface area contributed by atoms with Crippen molar-refractivity contribution in [2.24, 2.45) is 0 Å². The molecule has 0 radical (unpaired) electrons. The lowest BCUT2D eigenvalue weighted by Gasteiger charge is -2.09. The number of ether oxygens (including phenoxy) is 1. The molecule has 2 aromatic carbocycles. The zero-order valence-corrected chi connectivity index (χ0v) is 11.6. The summed E-state index contributed by atoms with van der Waals surface area (Å²) in [6.07, 6.45) is 0. The van der Waals surface area contributed by atoms with Crippen LogP contribution in [0.25, 0.3) is 0 Å². The maximum atomic E-state index is 13.6. The highest BCUT2D eigenvalue weighted by atomic mass is 35.5. The van der Waals surface area contributed by atoms with E-state index in [0.29, 0.717) is 15.8 Å². The Kier molecular flexibility index (Phi) is 4.47. The van der Waals surface area contributed by atoms with Crippen LogP contribution < -0.4 is 4.74 Å². The first-order chi connectivity index (χ1) is 9.47. The van der Waals surface area contributed by atoms with Crippen LogP contribution in [0.3, 0.4) is 0 Å². The van der Waals surface area contributed by atoms with Gasteiger partial charge in [0.25, 0.3) is 0 Å². The van der Waals surface area contributed by atoms with Gasteiger partial charge in [-0.25, -0.2) is 9.18 Å². The maximum Gasteiger partial charge on any atom is 0.335 e. The molecule has 0 aliphatic heterocycles. The summed E-state index contributed by atoms with van der Waals surface area (Å²) in [6, 6.07) is 8.15. The molecule has 0 bridgehead atoms. The zero-order chi connectivity index (χ0) is 14.7. The molecule has 1 N–H and O–H groups in total. The minimum Gasteiger partial charge on any atom is -0.487 e. The van der Waals surface area contributed by atoms with E-state index in [0.717, 1.165) is 6.07 Å². The van der Waals surface area contributed by atoms with E-state index in [2.05, 4.69) is 0 Å². The Labute approximate surface area is 124 Å². The molecule has 2 rings (SSSR count). The highest BCUT2D eigenvalue weighted by Gasteiger charge is 2.10. The number of carbonyl (C=O) groups is 1. The highest BCUT2D eigenvalue weighted by molar-refractivity contribution is 6.34. The van der Waals surface area contributed by atoms with Gasteiger partial charge in [0.15, 0.2) is 0 Å². The Hall–Kier alpha value is -1.78. The number of carboxylic acids is 1. The molecule has 0 saturated carbocycles. The van der Waals surface area contributed by atoms with Crippen LogP contribution in [0.5, 0.6) is 5.75 Å². The van der Waals surface area contributed by atoms with Crippen molar-refractivity contribution in [1.82, 2.24) is 0 Å². The normalized spacial score (nSPS) is 10.3. The van der Waals surface area contributed by atoms with Crippen molar-refractivity contribution in [2.45, 2.75) is 6.61 Å². The van der Waals surface area contributed by atoms with Gasteiger partial charge in [-0.2, -0.15) is 0 Å². The molecule has 0 aliphatic rings. The summed E-state index contributed by atoms with van der Waals surface area (Å²) >= 11 is 11.7. The molecule has 0 spiro atoms. The van der Waals surface area contributed by atoms with E-state index in [1.165, 1.54) is 18.2 Å². The predicted molar refractivity (Wildman–Crippen MR) is 74.2 cm³/mol. The van der Waals surface area contributed by atoms with Gasteiger partial charge in [0.1, 0.15) is 18.2 Å². The van der Waals surface area contributed by atoms with Crippen LogP contribution in [0.2, 0.25) is 10.0 Å². The number of aromatic carboxylic acids is 1. The highest BCUT2D eigenvalue weighted by Crippen LogP contribution is 2.28. The molecule has 0 saturated heterocycles. The van der Waals surface area contributed by atoms with E-state index >= 15 is 0 Å². The first kappa shape index (κ1) is 14.6. The number of hydrogen-bond donors (Lipinski definition) is 1. The molecular weight excluding hydrogens is 306 g/mol. The lowest BCUT2D eigenvalue weighted by molar-refractivity contribution is 0.0696. The fraction of sp³-hybridized carbons (Fsp3) is 0.0714. The smallest absolute Gasteiger partial charge is 0.335 e. The Balaban J connectivity index is 2.20. The molecule has 0 unspecified atom stereocenters. The van der Waals surface area contributed by atoms with Gasteiger partial charge in [-0.3, -0.25) is 0 Å². The molecule has 0 amide bonds. The molecule has 0 aliphatic carbocycles. The number of carboxylic acid groups (broad SMARTS) is 1. The quantitative estimate of drug-likeness (QED) is 0.909. The van der Waals surface area contributed by atoms with Crippen molar-refractivity contribution in [2.75, 3.05) is 0 Å². The van der Waals surface area contributed by atoms with E-state index < -0.39 is 11.8 Å². The lowest BCUT2D eigenvalue weighted by Crippen LogP contribution is -2.03. The SMILES string of the molecule is O=C(O)c1ccc(F)c(COc2cc(Cl)ccc2Cl)c1. The molecule has 104 valence electrons. The Morgan fingerprint density at radius 3 is 2.65 bits per heavy atom. The first-order valence-corrected chi connectivity index (χ1v) is 6.32. The average molecular weight is 315 g/mol. The fourth-order valence-corrected chi connectivity index (χ4v) is 1.90. The van der Waals surface area contributed by atoms with Crippen LogP contribution >= 0.6 is 23.2 Å². The molecule has 20 heavy (non-hydrogen) atoms. The molecule has 6 heteroatoms. The van der Waals surface area contributed by atoms with Gasteiger partial charge in [0, 0.05) is 16.7 Å². The monoisotopic (exact) mass is 314 g/mol. The van der Waals surface area contributed by atoms with E-state index in [-0.39, 0.29) is 17.7 Å². The minimum absolute atomic E-state index is 0.0119. The van der Waals surface area contributed by atoms with Crippen LogP contribution in [-0.4, -0.2) is 11.1 Å². The third-order valence-electron chi connectivity index (χ3n) is 2.57. The van der Waals surface area contributed by atoms with Gasteiger partial charge in [-0.15, -0.1) is 0 Å². The maximum absolute atomic E-state index is 13.6. The summed E-state index contributed by atoms with van der Waals surface area (Å²) in [4.78, 5) is 10.8. The van der Waals surface area contributed by atoms with Gasteiger partial charge in [0.05, 0.1) is 10.6 Å². The summed E-state index contributed by atoms with van der Waals surface area (Å²) in [5.74, 6) is -1.38. The molecule has 0 aromatic heterocycles. The Morgan fingerprint density at radius 2 is 1.95 bits per heavy atom. The number of benzene rings is 2. The number of hydrogen-bond acceptors (Lipinski definition) is 2. The summed E-state index contributed by atoms with van der Waals surface area (Å²) < 4.78 is 19.0. The Morgan fingerprint density at radius 1 is 1.20 bits per heavy atom. The minimum atomic E-state index is -1.13. The van der Waals surface area contributed by atoms with Gasteiger partial charge in [0.2, 0.25) is 0 Å². The average Bonchev–Trinajstić information content (AvgIpc) is 2.41. The van der Waals surface area contributed by atoms with Crippen molar-refractivity contribution in [3.05, 3.63) is 63.4 Å². The van der Waals surface area contributed by atoms with Crippen LogP contribution in [0.4, 0.5) is 4.39 Å². The van der Waals surface area contributed by atoms with Crippen molar-refractivity contribution in [3.63, 3.8) is 0 Å². The summed E-state index contributed by atoms with van der Waals surface area (Å²) in [6.45, 7) is -0.146. The standard InChI is InChI=1S/C14H9Cl2FO3/c15-10-2-3-11(16)13(6-10)20-7-9-5-8(14(18)19)1-4-12(9)17/h1-6H,7H2,(H,18,19). The second-order valence-corrected chi connectivity index (χ2v) is 4.82. The second-order valence-electron chi connectivity index (χ2n) is 3.97. The molecule has 0 fully saturated rings. The topological polar surface area (TPSA) is 46.5 Å². The summed E-state index contributed by atoms with van der Waals surface area (Å²) in [5, 5.41) is 9.64. The fourth-order valence-electron chi connectivity index (χ4n) is 1.56. The molecular formula is C14H9Cl2FO3. The summed E-state index contributed by atoms with van der Waals surface area (Å²) in [7, 11) is 0. The van der Waals surface area contributed by atoms with E-state index in [4.69, 9.17) is 33.0 Å². The second kappa shape index (κ2) is 6.11. The van der Waals surface area contributed by atoms with Crippen molar-refractivity contribution >= 4 is 29.2 Å². The van der Waals surface area contributed by atoms with E-state index in [1.807, 2.05) is 0 Å². The van der Waals surface area contributed by atoms with Gasteiger partial charge < -0.3 is 9.84 Å². The van der Waals surface area contributed by atoms with Crippen molar-refractivity contribution in [3.8, 4) is 5.75 Å². The third kappa shape index (κ3) is 3.40. The molecule has 0 heterocycles. The van der Waals surface area contributed by atoms with Gasteiger partial charge in [-0.05, 0) is 30.3 Å². The van der Waals surface area contributed by atoms with Gasteiger partial charge >= 0.3 is 5.97 Å². The van der Waals surface area contributed by atoms with Crippen LogP contribution in [0.15, 0.2) is 36.4 Å². The first-order valence-electron chi connectivity index (χ1n) is 5.57. The number of rotatable bonds is 4. The molecule has 2 aromatic rings. The van der Waals surface area contributed by atoms with E-state index in [1.54, 1.807) is 12.1 Å². The molecule has 0 atom stereocenters. The van der Waals surface area contributed by atoms with E-state index in [9.17, 15) is 9.18 Å². The van der Waals surface area contributed by atoms with Crippen molar-refractivity contribution in [1.29, 1.82) is 0 Å². The zero-order valence-electron chi connectivity index (χ0n) is 10.1. The largest absolute Gasteiger partial charge is 0.487 e. The number of halogens is 3. The van der Waals surface area contributed by atoms with Crippen molar-refractivity contribution < 1.29 is 19.0 Å². The Bertz CT molecular complexity index is 659. The van der Waals surface area contributed by atoms with Crippen LogP contribution in [-0.2, 0) is 6.61 Å². The van der Waals surface area contributed by atoms with Crippen LogP contribution in [0, 0.1) is 5.82 Å². The van der Waals surface area contributed by atoms with Gasteiger partial charge in [-0.1, -0.05) is 23.2 Å². The lowest BCUT2D eigenvalue weighted by atomic mass is 10.1.